The second kappa shape index (κ2) is 8.47. The van der Waals surface area contributed by atoms with E-state index >= 15 is 0 Å². The molecule has 0 bridgehead atoms. The minimum atomic E-state index is -0.178. The van der Waals surface area contributed by atoms with Crippen LogP contribution in [0, 0.1) is 0 Å². The van der Waals surface area contributed by atoms with Crippen LogP contribution < -0.4 is 24.3 Å². The molecule has 6 nitrogen and oxygen atoms in total. The number of fused-ring (bicyclic) bond motifs is 1. The summed E-state index contributed by atoms with van der Waals surface area (Å²) in [7, 11) is 1.60. The van der Waals surface area contributed by atoms with Crippen LogP contribution in [0.1, 0.15) is 24.9 Å². The van der Waals surface area contributed by atoms with Crippen LogP contribution >= 0.6 is 0 Å². The maximum absolute atomic E-state index is 12.3. The first-order valence-electron chi connectivity index (χ1n) is 8.65. The summed E-state index contributed by atoms with van der Waals surface area (Å²) >= 11 is 0. The molecule has 1 aliphatic rings. The molecule has 0 aliphatic carbocycles. The highest BCUT2D eigenvalue weighted by atomic mass is 16.6. The van der Waals surface area contributed by atoms with Crippen LogP contribution in [0.15, 0.2) is 42.5 Å². The Balaban J connectivity index is 1.57. The Morgan fingerprint density at radius 1 is 1.08 bits per heavy atom. The molecule has 1 aliphatic heterocycles. The third-order valence-corrected chi connectivity index (χ3v) is 4.14. The van der Waals surface area contributed by atoms with Crippen molar-refractivity contribution in [1.29, 1.82) is 0 Å². The van der Waals surface area contributed by atoms with Gasteiger partial charge in [0.05, 0.1) is 13.2 Å². The summed E-state index contributed by atoms with van der Waals surface area (Å²) in [5, 5.41) is 3.00. The number of hydrogen-bond acceptors (Lipinski definition) is 5. The van der Waals surface area contributed by atoms with Gasteiger partial charge in [-0.15, -0.1) is 0 Å². The van der Waals surface area contributed by atoms with Crippen molar-refractivity contribution in [3.8, 4) is 23.0 Å². The van der Waals surface area contributed by atoms with Gasteiger partial charge in [0.25, 0.3) is 5.91 Å². The molecule has 0 aromatic heterocycles. The van der Waals surface area contributed by atoms with Crippen LogP contribution in [0.25, 0.3) is 0 Å². The molecule has 1 heterocycles. The predicted molar refractivity (Wildman–Crippen MR) is 97.1 cm³/mol. The molecule has 138 valence electrons. The number of methoxy groups -OCH3 is 1. The highest BCUT2D eigenvalue weighted by molar-refractivity contribution is 5.78. The first-order valence-corrected chi connectivity index (χ1v) is 8.65. The van der Waals surface area contributed by atoms with E-state index in [9.17, 15) is 4.79 Å². The van der Waals surface area contributed by atoms with Crippen molar-refractivity contribution < 1.29 is 23.7 Å². The van der Waals surface area contributed by atoms with Crippen molar-refractivity contribution >= 4 is 5.91 Å². The number of rotatable bonds is 7. The maximum Gasteiger partial charge on any atom is 0.258 e. The fourth-order valence-electron chi connectivity index (χ4n) is 2.75. The molecule has 0 spiro atoms. The summed E-state index contributed by atoms with van der Waals surface area (Å²) in [5.41, 5.74) is 0.981. The van der Waals surface area contributed by atoms with E-state index in [1.807, 2.05) is 25.1 Å². The smallest absolute Gasteiger partial charge is 0.258 e. The lowest BCUT2D eigenvalue weighted by Crippen LogP contribution is -2.32. The highest BCUT2D eigenvalue weighted by Gasteiger charge is 2.17. The second-order valence-corrected chi connectivity index (χ2v) is 5.90. The summed E-state index contributed by atoms with van der Waals surface area (Å²) in [5.74, 6) is 2.64. The number of carbonyl (C=O) groups is 1. The van der Waals surface area contributed by atoms with Crippen molar-refractivity contribution in [1.82, 2.24) is 5.32 Å². The summed E-state index contributed by atoms with van der Waals surface area (Å²) < 4.78 is 21.8. The first kappa shape index (κ1) is 17.9. The number of hydrogen-bond donors (Lipinski definition) is 1. The molecular weight excluding hydrogens is 334 g/mol. The molecule has 1 amide bonds. The molecule has 2 aromatic rings. The maximum atomic E-state index is 12.3. The molecule has 1 unspecified atom stereocenters. The van der Waals surface area contributed by atoms with Gasteiger partial charge in [0.2, 0.25) is 0 Å². The Kier molecular flexibility index (Phi) is 5.84. The first-order chi connectivity index (χ1) is 12.7. The van der Waals surface area contributed by atoms with Gasteiger partial charge < -0.3 is 24.3 Å². The summed E-state index contributed by atoms with van der Waals surface area (Å²) in [4.78, 5) is 12.3. The average molecular weight is 357 g/mol. The molecule has 6 heteroatoms. The van der Waals surface area contributed by atoms with E-state index in [1.54, 1.807) is 31.4 Å². The van der Waals surface area contributed by atoms with Gasteiger partial charge in [-0.3, -0.25) is 4.79 Å². The van der Waals surface area contributed by atoms with Gasteiger partial charge in [-0.25, -0.2) is 0 Å². The van der Waals surface area contributed by atoms with Crippen LogP contribution in [0.5, 0.6) is 23.0 Å². The van der Waals surface area contributed by atoms with Crippen LogP contribution in [-0.4, -0.2) is 32.8 Å². The largest absolute Gasteiger partial charge is 0.497 e. The van der Waals surface area contributed by atoms with Gasteiger partial charge >= 0.3 is 0 Å². The van der Waals surface area contributed by atoms with Crippen molar-refractivity contribution in [2.45, 2.75) is 19.4 Å². The van der Waals surface area contributed by atoms with E-state index in [-0.39, 0.29) is 18.6 Å². The fourth-order valence-corrected chi connectivity index (χ4v) is 2.75. The van der Waals surface area contributed by atoms with Gasteiger partial charge in [0.1, 0.15) is 24.7 Å². The molecule has 3 rings (SSSR count). The standard InChI is InChI=1S/C20H23NO5/c1-3-17(14-4-9-18-19(12-14)25-11-10-24-18)21-20(22)13-26-16-7-5-15(23-2)6-8-16/h4-9,12,17H,3,10-11,13H2,1-2H3,(H,21,22). The SMILES string of the molecule is CCC(NC(=O)COc1ccc(OC)cc1)c1ccc2c(c1)OCCO2. The third kappa shape index (κ3) is 4.39. The molecule has 1 atom stereocenters. The Labute approximate surface area is 153 Å². The molecule has 2 aromatic carbocycles. The number of benzene rings is 2. The van der Waals surface area contributed by atoms with Gasteiger partial charge in [0, 0.05) is 0 Å². The van der Waals surface area contributed by atoms with Gasteiger partial charge in [-0.2, -0.15) is 0 Å². The predicted octanol–water partition coefficient (Wildman–Crippen LogP) is 3.11. The molecule has 26 heavy (non-hydrogen) atoms. The third-order valence-electron chi connectivity index (χ3n) is 4.14. The quantitative estimate of drug-likeness (QED) is 0.825. The van der Waals surface area contributed by atoms with E-state index in [0.717, 1.165) is 29.2 Å². The van der Waals surface area contributed by atoms with Crippen molar-refractivity contribution in [3.63, 3.8) is 0 Å². The zero-order chi connectivity index (χ0) is 18.4. The van der Waals surface area contributed by atoms with Crippen LogP contribution in [0.2, 0.25) is 0 Å². The molecular formula is C20H23NO5. The summed E-state index contributed by atoms with van der Waals surface area (Å²) in [6.45, 7) is 3.07. The molecule has 1 N–H and O–H groups in total. The molecule has 0 saturated heterocycles. The number of ether oxygens (including phenoxy) is 4. The zero-order valence-corrected chi connectivity index (χ0v) is 15.0. The van der Waals surface area contributed by atoms with E-state index in [1.165, 1.54) is 0 Å². The normalized spacial score (nSPS) is 13.6. The average Bonchev–Trinajstić information content (AvgIpc) is 2.70. The lowest BCUT2D eigenvalue weighted by atomic mass is 10.0. The van der Waals surface area contributed by atoms with Gasteiger partial charge in [0.15, 0.2) is 18.1 Å². The topological polar surface area (TPSA) is 66.0 Å². The summed E-state index contributed by atoms with van der Waals surface area (Å²) in [6.07, 6.45) is 0.758. The Hall–Kier alpha value is -2.89. The van der Waals surface area contributed by atoms with E-state index in [0.29, 0.717) is 19.0 Å². The second-order valence-electron chi connectivity index (χ2n) is 5.90. The lowest BCUT2D eigenvalue weighted by Gasteiger charge is -2.22. The van der Waals surface area contributed by atoms with Crippen LogP contribution in [0.3, 0.4) is 0 Å². The van der Waals surface area contributed by atoms with Crippen molar-refractivity contribution in [2.24, 2.45) is 0 Å². The Morgan fingerprint density at radius 2 is 1.77 bits per heavy atom. The van der Waals surface area contributed by atoms with Gasteiger partial charge in [-0.05, 0) is 48.4 Å². The highest BCUT2D eigenvalue weighted by Crippen LogP contribution is 2.33. The number of amides is 1. The Morgan fingerprint density at radius 3 is 2.46 bits per heavy atom. The molecule has 0 radical (unpaired) electrons. The molecule has 0 fully saturated rings. The van der Waals surface area contributed by atoms with Crippen LogP contribution in [0.4, 0.5) is 0 Å². The monoisotopic (exact) mass is 357 g/mol. The fraction of sp³-hybridized carbons (Fsp3) is 0.350. The number of nitrogens with one attached hydrogen (secondary N) is 1. The van der Waals surface area contributed by atoms with Crippen molar-refractivity contribution in [3.05, 3.63) is 48.0 Å². The summed E-state index contributed by atoms with van der Waals surface area (Å²) in [6, 6.07) is 12.8. The van der Waals surface area contributed by atoms with E-state index in [4.69, 9.17) is 18.9 Å². The molecule has 0 saturated carbocycles. The van der Waals surface area contributed by atoms with Crippen LogP contribution in [-0.2, 0) is 4.79 Å². The Bertz CT molecular complexity index is 744. The van der Waals surface area contributed by atoms with Crippen molar-refractivity contribution in [2.75, 3.05) is 26.9 Å². The minimum Gasteiger partial charge on any atom is -0.497 e. The van der Waals surface area contributed by atoms with E-state index in [2.05, 4.69) is 5.32 Å². The number of carbonyl (C=O) groups excluding carboxylic acids is 1. The van der Waals surface area contributed by atoms with Gasteiger partial charge in [-0.1, -0.05) is 13.0 Å². The minimum absolute atomic E-state index is 0.0482. The zero-order valence-electron chi connectivity index (χ0n) is 15.0. The lowest BCUT2D eigenvalue weighted by molar-refractivity contribution is -0.123. The van der Waals surface area contributed by atoms with E-state index < -0.39 is 0 Å².